The molecule has 9 rings (SSSR count). The number of para-hydroxylation sites is 1. The van der Waals surface area contributed by atoms with Crippen molar-refractivity contribution >= 4 is 55.8 Å². The van der Waals surface area contributed by atoms with E-state index in [1.807, 2.05) is 83.4 Å². The van der Waals surface area contributed by atoms with Crippen LogP contribution in [0.2, 0.25) is 0 Å². The molecule has 1 aliphatic carbocycles. The molecule has 51 heavy (non-hydrogen) atoms. The fourth-order valence-electron chi connectivity index (χ4n) is 7.43. The molecule has 8 heteroatoms. The van der Waals surface area contributed by atoms with E-state index in [1.165, 1.54) is 12.1 Å². The average molecular weight is 675 g/mol. The second-order valence-corrected chi connectivity index (χ2v) is 12.6. The molecule has 4 nitrogen and oxygen atoms in total. The molecule has 6 aromatic carbocycles. The standard InChI is InChI=1S/C43H26F4N4/c44-27-11-17-36(46)42(21-27)50-38-7-3-1-5-32(38)34-23-30(15-19-40(34)50)49(29-13-9-26(25-48)10-14-29)31-16-20-41-35(24-31)33-6-2-4-8-39(33)51(41)43-22-28(45)12-18-37(43)47/h1-3,5-7,9-24H,4,8H2. The minimum absolute atomic E-state index is 0.112. The Morgan fingerprint density at radius 1 is 0.569 bits per heavy atom. The van der Waals surface area contributed by atoms with Crippen LogP contribution in [0.4, 0.5) is 34.6 Å². The molecule has 0 N–H and O–H groups in total. The summed E-state index contributed by atoms with van der Waals surface area (Å²) in [6.07, 6.45) is 5.57. The smallest absolute Gasteiger partial charge is 0.147 e. The zero-order chi connectivity index (χ0) is 34.8. The van der Waals surface area contributed by atoms with Crippen LogP contribution in [0, 0.1) is 34.6 Å². The van der Waals surface area contributed by atoms with Crippen molar-refractivity contribution in [1.82, 2.24) is 9.13 Å². The number of nitriles is 1. The number of halogens is 4. The van der Waals surface area contributed by atoms with E-state index in [9.17, 15) is 14.0 Å². The van der Waals surface area contributed by atoms with Crippen molar-refractivity contribution in [1.29, 1.82) is 5.26 Å². The summed E-state index contributed by atoms with van der Waals surface area (Å²) in [4.78, 5) is 2.06. The Bertz CT molecular complexity index is 2770. The zero-order valence-electron chi connectivity index (χ0n) is 26.9. The third-order valence-corrected chi connectivity index (χ3v) is 9.65. The van der Waals surface area contributed by atoms with Crippen molar-refractivity contribution in [3.63, 3.8) is 0 Å². The first-order valence-corrected chi connectivity index (χ1v) is 16.5. The highest BCUT2D eigenvalue weighted by molar-refractivity contribution is 6.11. The lowest BCUT2D eigenvalue weighted by atomic mass is 10.0. The predicted octanol–water partition coefficient (Wildman–Crippen LogP) is 11.6. The normalized spacial score (nSPS) is 12.5. The maximum Gasteiger partial charge on any atom is 0.147 e. The van der Waals surface area contributed by atoms with Gasteiger partial charge >= 0.3 is 0 Å². The van der Waals surface area contributed by atoms with E-state index >= 15 is 8.78 Å². The highest BCUT2D eigenvalue weighted by atomic mass is 19.1. The molecular formula is C43H26F4N4. The summed E-state index contributed by atoms with van der Waals surface area (Å²) < 4.78 is 62.9. The number of aromatic nitrogens is 2. The van der Waals surface area contributed by atoms with Crippen molar-refractivity contribution in [2.24, 2.45) is 0 Å². The predicted molar refractivity (Wildman–Crippen MR) is 194 cm³/mol. The summed E-state index contributed by atoms with van der Waals surface area (Å²) >= 11 is 0. The Balaban J connectivity index is 1.28. The number of hydrogen-bond acceptors (Lipinski definition) is 2. The third-order valence-electron chi connectivity index (χ3n) is 9.65. The molecule has 0 bridgehead atoms. The summed E-state index contributed by atoms with van der Waals surface area (Å²) in [5.74, 6) is -2.12. The molecule has 0 atom stereocenters. The number of rotatable bonds is 5. The van der Waals surface area contributed by atoms with Gasteiger partial charge in [-0.25, -0.2) is 17.6 Å². The monoisotopic (exact) mass is 674 g/mol. The van der Waals surface area contributed by atoms with Crippen LogP contribution in [-0.2, 0) is 6.42 Å². The lowest BCUT2D eigenvalue weighted by Gasteiger charge is -2.26. The second kappa shape index (κ2) is 11.8. The molecule has 0 radical (unpaired) electrons. The third kappa shape index (κ3) is 4.89. The molecule has 8 aromatic rings. The molecule has 1 aliphatic rings. The summed E-state index contributed by atoms with van der Waals surface area (Å²) in [5.41, 5.74) is 7.17. The van der Waals surface area contributed by atoms with Crippen molar-refractivity contribution in [2.75, 3.05) is 4.90 Å². The van der Waals surface area contributed by atoms with Gasteiger partial charge in [-0.1, -0.05) is 30.4 Å². The molecule has 2 heterocycles. The molecule has 0 fully saturated rings. The van der Waals surface area contributed by atoms with Gasteiger partial charge in [0, 0.05) is 56.6 Å². The number of nitrogens with zero attached hydrogens (tertiary/aromatic N) is 4. The molecule has 0 saturated carbocycles. The lowest BCUT2D eigenvalue weighted by Crippen LogP contribution is -2.10. The molecule has 0 unspecified atom stereocenters. The highest BCUT2D eigenvalue weighted by Gasteiger charge is 2.24. The minimum Gasteiger partial charge on any atom is -0.310 e. The summed E-state index contributed by atoms with van der Waals surface area (Å²) in [5, 5.41) is 12.1. The number of hydrogen-bond donors (Lipinski definition) is 0. The summed E-state index contributed by atoms with van der Waals surface area (Å²) in [7, 11) is 0. The molecule has 2 aromatic heterocycles. The topological polar surface area (TPSA) is 36.9 Å². The maximum absolute atomic E-state index is 15.3. The van der Waals surface area contributed by atoms with Gasteiger partial charge in [0.25, 0.3) is 0 Å². The van der Waals surface area contributed by atoms with Crippen LogP contribution in [-0.4, -0.2) is 9.13 Å². The quantitative estimate of drug-likeness (QED) is 0.170. The van der Waals surface area contributed by atoms with Crippen molar-refractivity contribution in [3.05, 3.63) is 167 Å². The number of allylic oxidation sites excluding steroid dienone is 1. The Morgan fingerprint density at radius 3 is 1.84 bits per heavy atom. The van der Waals surface area contributed by atoms with Gasteiger partial charge < -0.3 is 14.0 Å². The number of benzene rings is 6. The lowest BCUT2D eigenvalue weighted by molar-refractivity contribution is 0.592. The van der Waals surface area contributed by atoms with Crippen LogP contribution in [0.25, 0.3) is 50.2 Å². The van der Waals surface area contributed by atoms with Crippen LogP contribution < -0.4 is 4.90 Å². The molecule has 246 valence electrons. The Labute approximate surface area is 289 Å². The van der Waals surface area contributed by atoms with Crippen LogP contribution in [0.5, 0.6) is 0 Å². The molecule has 0 amide bonds. The van der Waals surface area contributed by atoms with E-state index in [0.717, 1.165) is 86.2 Å². The fourth-order valence-corrected chi connectivity index (χ4v) is 7.43. The van der Waals surface area contributed by atoms with Crippen molar-refractivity contribution in [2.45, 2.75) is 12.8 Å². The highest BCUT2D eigenvalue weighted by Crippen LogP contribution is 2.43. The maximum atomic E-state index is 15.3. The van der Waals surface area contributed by atoms with Crippen molar-refractivity contribution in [3.8, 4) is 17.4 Å². The minimum atomic E-state index is -0.543. The van der Waals surface area contributed by atoms with Gasteiger partial charge in [-0.15, -0.1) is 0 Å². The zero-order valence-corrected chi connectivity index (χ0v) is 26.9. The van der Waals surface area contributed by atoms with Gasteiger partial charge in [0.15, 0.2) is 0 Å². The SMILES string of the molecule is N#Cc1ccc(N(c2ccc3c(c2)c2c(n3-c3cc(F)ccc3F)CCC=C2)c2ccc3c(c2)c2ccccc2n3-c2cc(F)ccc2F)cc1. The van der Waals surface area contributed by atoms with Crippen LogP contribution in [0.15, 0.2) is 127 Å². The molecular weight excluding hydrogens is 648 g/mol. The Kier molecular flexibility index (Phi) is 7.04. The van der Waals surface area contributed by atoms with Gasteiger partial charge in [-0.2, -0.15) is 5.26 Å². The number of fused-ring (bicyclic) bond motifs is 6. The first-order chi connectivity index (χ1) is 24.9. The van der Waals surface area contributed by atoms with E-state index in [2.05, 4.69) is 17.0 Å². The largest absolute Gasteiger partial charge is 0.310 e. The summed E-state index contributed by atoms with van der Waals surface area (Å²) in [6.45, 7) is 0. The fraction of sp³-hybridized carbons (Fsp3) is 0.0465. The van der Waals surface area contributed by atoms with Crippen LogP contribution in [0.3, 0.4) is 0 Å². The Morgan fingerprint density at radius 2 is 1.16 bits per heavy atom. The van der Waals surface area contributed by atoms with Gasteiger partial charge in [-0.05, 0) is 104 Å². The summed E-state index contributed by atoms with van der Waals surface area (Å²) in [6, 6.07) is 35.8. The van der Waals surface area contributed by atoms with Gasteiger partial charge in [0.2, 0.25) is 0 Å². The number of anilines is 3. The molecule has 0 saturated heterocycles. The van der Waals surface area contributed by atoms with Gasteiger partial charge in [-0.3, -0.25) is 0 Å². The Hall–Kier alpha value is -6.59. The van der Waals surface area contributed by atoms with Crippen molar-refractivity contribution < 1.29 is 17.6 Å². The van der Waals surface area contributed by atoms with E-state index in [0.29, 0.717) is 17.5 Å². The molecule has 0 spiro atoms. The van der Waals surface area contributed by atoms with Gasteiger partial charge in [0.1, 0.15) is 23.3 Å². The van der Waals surface area contributed by atoms with E-state index < -0.39 is 23.3 Å². The first kappa shape index (κ1) is 30.5. The molecule has 0 aliphatic heterocycles. The van der Waals surface area contributed by atoms with Crippen LogP contribution in [0.1, 0.15) is 23.2 Å². The van der Waals surface area contributed by atoms with E-state index in [1.54, 1.807) is 16.7 Å². The van der Waals surface area contributed by atoms with E-state index in [4.69, 9.17) is 0 Å². The van der Waals surface area contributed by atoms with Crippen LogP contribution >= 0.6 is 0 Å². The first-order valence-electron chi connectivity index (χ1n) is 16.5. The van der Waals surface area contributed by atoms with E-state index in [-0.39, 0.29) is 11.4 Å². The average Bonchev–Trinajstić information content (AvgIpc) is 3.66. The van der Waals surface area contributed by atoms with Gasteiger partial charge in [0.05, 0.1) is 39.6 Å². The second-order valence-electron chi connectivity index (χ2n) is 12.6.